The Morgan fingerprint density at radius 2 is 0.725 bits per heavy atom. The topological polar surface area (TPSA) is 0 Å². The second kappa shape index (κ2) is 10.8. The van der Waals surface area contributed by atoms with Gasteiger partial charge < -0.3 is 0 Å². The fourth-order valence-corrected chi connectivity index (χ4v) is 6.09. The Morgan fingerprint density at radius 1 is 0.300 bits per heavy atom. The Balaban J connectivity index is 0.000000136. The van der Waals surface area contributed by atoms with Crippen molar-refractivity contribution in [3.05, 3.63) is 145 Å². The molecule has 0 aliphatic carbocycles. The van der Waals surface area contributed by atoms with E-state index in [0.29, 0.717) is 0 Å². The molecule has 8 aromatic rings. The smallest absolute Gasteiger partial charge is 0.00963 e. The van der Waals surface area contributed by atoms with E-state index in [4.69, 9.17) is 0 Å². The van der Waals surface area contributed by atoms with E-state index in [0.717, 1.165) is 0 Å². The summed E-state index contributed by atoms with van der Waals surface area (Å²) in [6, 6.07) is 48.1. The fourth-order valence-electron chi connectivity index (χ4n) is 6.09. The molecule has 0 atom stereocenters. The molecule has 8 aromatic carbocycles. The Labute approximate surface area is 236 Å². The first-order valence-corrected chi connectivity index (χ1v) is 14.3. The van der Waals surface area contributed by atoms with Gasteiger partial charge in [-0.3, -0.25) is 0 Å². The lowest BCUT2D eigenvalue weighted by molar-refractivity contribution is 1.50. The summed E-state index contributed by atoms with van der Waals surface area (Å²) in [7, 11) is 0. The first-order chi connectivity index (χ1) is 19.7. The molecule has 0 bridgehead atoms. The van der Waals surface area contributed by atoms with Crippen LogP contribution in [0.15, 0.2) is 133 Å². The highest BCUT2D eigenvalue weighted by Crippen LogP contribution is 2.34. The molecule has 0 nitrogen and oxygen atoms in total. The lowest BCUT2D eigenvalue weighted by atomic mass is 9.94. The zero-order valence-electron chi connectivity index (χ0n) is 23.7. The van der Waals surface area contributed by atoms with Crippen LogP contribution in [0.2, 0.25) is 0 Å². The van der Waals surface area contributed by atoms with E-state index in [1.165, 1.54) is 75.8 Å². The van der Waals surface area contributed by atoms with Crippen LogP contribution in [-0.2, 0) is 0 Å². The third-order valence-electron chi connectivity index (χ3n) is 8.01. The van der Waals surface area contributed by atoms with Crippen molar-refractivity contribution >= 4 is 64.6 Å². The number of benzene rings is 8. The van der Waals surface area contributed by atoms with Crippen molar-refractivity contribution in [1.29, 1.82) is 0 Å². The quantitative estimate of drug-likeness (QED) is 0.139. The number of aryl methyl sites for hydroxylation is 2. The van der Waals surface area contributed by atoms with Gasteiger partial charge in [-0.2, -0.15) is 0 Å². The zero-order chi connectivity index (χ0) is 27.6. The van der Waals surface area contributed by atoms with Crippen molar-refractivity contribution in [3.8, 4) is 0 Å². The lowest BCUT2D eigenvalue weighted by Crippen LogP contribution is -1.84. The molecule has 0 unspecified atom stereocenters. The molecule has 0 N–H and O–H groups in total. The highest BCUT2D eigenvalue weighted by Gasteiger charge is 2.07. The van der Waals surface area contributed by atoms with Gasteiger partial charge in [-0.25, -0.2) is 0 Å². The van der Waals surface area contributed by atoms with Gasteiger partial charge >= 0.3 is 0 Å². The number of hydrogen-bond acceptors (Lipinski definition) is 0. The van der Waals surface area contributed by atoms with Crippen molar-refractivity contribution in [2.75, 3.05) is 0 Å². The van der Waals surface area contributed by atoms with Gasteiger partial charge in [0, 0.05) is 0 Å². The monoisotopic (exact) mass is 514 g/mol. The highest BCUT2D eigenvalue weighted by atomic mass is 14.1. The summed E-state index contributed by atoms with van der Waals surface area (Å²) in [5.74, 6) is 0. The Kier molecular flexibility index (Phi) is 6.93. The molecule has 40 heavy (non-hydrogen) atoms. The maximum absolute atomic E-state index is 2.32. The average Bonchev–Trinajstić information content (AvgIpc) is 3.02. The summed E-state index contributed by atoms with van der Waals surface area (Å²) in [5, 5.41) is 16.1. The van der Waals surface area contributed by atoms with Crippen molar-refractivity contribution in [1.82, 2.24) is 0 Å². The molecular formula is C40H34. The second-order valence-corrected chi connectivity index (χ2v) is 10.2. The van der Waals surface area contributed by atoms with Gasteiger partial charge in [0.2, 0.25) is 0 Å². The fraction of sp³-hybridized carbons (Fsp3) is 0.100. The van der Waals surface area contributed by atoms with E-state index in [1.807, 2.05) is 13.8 Å². The predicted octanol–water partition coefficient (Wildman–Crippen LogP) is 11.9. The molecule has 0 aliphatic rings. The number of rotatable bonds is 0. The molecule has 8 rings (SSSR count). The van der Waals surface area contributed by atoms with Gasteiger partial charge in [0.1, 0.15) is 0 Å². The van der Waals surface area contributed by atoms with E-state index < -0.39 is 0 Å². The first kappa shape index (κ1) is 25.6. The van der Waals surface area contributed by atoms with Crippen LogP contribution in [0.4, 0.5) is 0 Å². The lowest BCUT2D eigenvalue weighted by Gasteiger charge is -2.10. The minimum Gasteiger partial charge on any atom is -0.0683 e. The molecule has 0 aliphatic heterocycles. The van der Waals surface area contributed by atoms with E-state index in [-0.39, 0.29) is 0 Å². The average molecular weight is 515 g/mol. The summed E-state index contributed by atoms with van der Waals surface area (Å²) in [6.45, 7) is 8.42. The molecule has 0 heterocycles. The maximum Gasteiger partial charge on any atom is -0.00963 e. The van der Waals surface area contributed by atoms with Crippen LogP contribution in [-0.4, -0.2) is 0 Å². The van der Waals surface area contributed by atoms with Crippen molar-refractivity contribution in [2.45, 2.75) is 27.7 Å². The van der Waals surface area contributed by atoms with Gasteiger partial charge in [-0.05, 0) is 95.7 Å². The van der Waals surface area contributed by atoms with Gasteiger partial charge in [0.15, 0.2) is 0 Å². The molecule has 0 aromatic heterocycles. The van der Waals surface area contributed by atoms with E-state index in [9.17, 15) is 0 Å². The molecule has 0 saturated heterocycles. The minimum atomic E-state index is 1.31. The minimum absolute atomic E-state index is 1.31. The summed E-state index contributed by atoms with van der Waals surface area (Å²) in [6.07, 6.45) is 0. The van der Waals surface area contributed by atoms with Crippen LogP contribution < -0.4 is 0 Å². The third kappa shape index (κ3) is 4.36. The molecule has 0 spiro atoms. The molecule has 0 saturated carbocycles. The SMILES string of the molecule is CC.Cc1c2ccccc2cc2c1ccc1ccccc12.Cc1cc2c3ccccc3ccc2c2ccccc12. The number of fused-ring (bicyclic) bond motifs is 9. The van der Waals surface area contributed by atoms with Crippen LogP contribution >= 0.6 is 0 Å². The Bertz CT molecular complexity index is 2100. The van der Waals surface area contributed by atoms with Crippen LogP contribution in [0.5, 0.6) is 0 Å². The molecule has 0 fully saturated rings. The van der Waals surface area contributed by atoms with E-state index >= 15 is 0 Å². The van der Waals surface area contributed by atoms with E-state index in [1.54, 1.807) is 0 Å². The predicted molar refractivity (Wildman–Crippen MR) is 179 cm³/mol. The van der Waals surface area contributed by atoms with Crippen molar-refractivity contribution in [2.24, 2.45) is 0 Å². The van der Waals surface area contributed by atoms with Crippen LogP contribution in [0, 0.1) is 13.8 Å². The van der Waals surface area contributed by atoms with Crippen molar-refractivity contribution in [3.63, 3.8) is 0 Å². The van der Waals surface area contributed by atoms with Crippen LogP contribution in [0.25, 0.3) is 64.6 Å². The highest BCUT2D eigenvalue weighted by molar-refractivity contribution is 6.18. The standard InChI is InChI=1S/2C19H14.C2H6/c1-13-16-8-4-3-7-15(16)12-19-17(13)11-10-14-6-2-5-9-18(14)19;1-13-12-19-16-8-3-2-6-14(16)10-11-18(19)17-9-5-4-7-15(13)17;1-2/h2*2-12H,1H3;1-2H3. The van der Waals surface area contributed by atoms with Gasteiger partial charge in [0.05, 0.1) is 0 Å². The summed E-state index contributed by atoms with van der Waals surface area (Å²) >= 11 is 0. The molecule has 194 valence electrons. The summed E-state index contributed by atoms with van der Waals surface area (Å²) < 4.78 is 0. The number of hydrogen-bond donors (Lipinski definition) is 0. The van der Waals surface area contributed by atoms with Gasteiger partial charge in [-0.15, -0.1) is 0 Å². The largest absolute Gasteiger partial charge is 0.0683 e. The van der Waals surface area contributed by atoms with Crippen molar-refractivity contribution < 1.29 is 0 Å². The summed E-state index contributed by atoms with van der Waals surface area (Å²) in [5.41, 5.74) is 2.72. The van der Waals surface area contributed by atoms with Gasteiger partial charge in [-0.1, -0.05) is 141 Å². The third-order valence-corrected chi connectivity index (χ3v) is 8.01. The molecular weight excluding hydrogens is 480 g/mol. The molecule has 0 radical (unpaired) electrons. The summed E-state index contributed by atoms with van der Waals surface area (Å²) in [4.78, 5) is 0. The normalized spacial score (nSPS) is 11.0. The van der Waals surface area contributed by atoms with Crippen LogP contribution in [0.1, 0.15) is 25.0 Å². The second-order valence-electron chi connectivity index (χ2n) is 10.2. The zero-order valence-corrected chi connectivity index (χ0v) is 23.7. The maximum atomic E-state index is 2.32. The Hall–Kier alpha value is -4.68. The Morgan fingerprint density at radius 3 is 1.35 bits per heavy atom. The first-order valence-electron chi connectivity index (χ1n) is 14.3. The van der Waals surface area contributed by atoms with Gasteiger partial charge in [0.25, 0.3) is 0 Å². The molecule has 0 heteroatoms. The molecule has 0 amide bonds. The van der Waals surface area contributed by atoms with Crippen LogP contribution in [0.3, 0.4) is 0 Å². The van der Waals surface area contributed by atoms with E-state index in [2.05, 4.69) is 147 Å².